The predicted molar refractivity (Wildman–Crippen MR) is 66.8 cm³/mol. The molecule has 19 heavy (non-hydrogen) atoms. The van der Waals surface area contributed by atoms with Crippen LogP contribution in [0.4, 0.5) is 24.5 Å². The van der Waals surface area contributed by atoms with Gasteiger partial charge in [0.1, 0.15) is 0 Å². The summed E-state index contributed by atoms with van der Waals surface area (Å²) in [5.41, 5.74) is 5.20. The van der Waals surface area contributed by atoms with Crippen molar-refractivity contribution in [2.45, 2.75) is 32.4 Å². The van der Waals surface area contributed by atoms with Gasteiger partial charge < -0.3 is 20.9 Å². The minimum atomic E-state index is -3.12. The summed E-state index contributed by atoms with van der Waals surface area (Å²) in [7, 11) is 0. The zero-order valence-electron chi connectivity index (χ0n) is 10.7. The maximum atomic E-state index is 13.4. The minimum absolute atomic E-state index is 0.0484. The van der Waals surface area contributed by atoms with Gasteiger partial charge >= 0.3 is 6.61 Å². The van der Waals surface area contributed by atoms with Crippen molar-refractivity contribution in [3.8, 4) is 5.75 Å². The van der Waals surface area contributed by atoms with E-state index in [0.29, 0.717) is 6.42 Å². The lowest BCUT2D eigenvalue weighted by atomic mass is 9.99. The molecule has 0 heterocycles. The molecule has 0 radical (unpaired) electrons. The molecule has 0 fully saturated rings. The maximum absolute atomic E-state index is 13.4. The topological polar surface area (TPSA) is 67.5 Å². The molecular formula is C12H17F3N2O2. The van der Waals surface area contributed by atoms with Gasteiger partial charge in [-0.3, -0.25) is 0 Å². The Hall–Kier alpha value is -1.63. The number of nitrogens with one attached hydrogen (secondary N) is 1. The fourth-order valence-corrected chi connectivity index (χ4v) is 1.43. The highest BCUT2D eigenvalue weighted by Crippen LogP contribution is 2.31. The first-order valence-electron chi connectivity index (χ1n) is 5.74. The number of alkyl halides is 2. The Morgan fingerprint density at radius 3 is 2.58 bits per heavy atom. The third kappa shape index (κ3) is 3.92. The number of hydrogen-bond acceptors (Lipinski definition) is 4. The smallest absolute Gasteiger partial charge is 0.387 e. The Kier molecular flexibility index (Phi) is 4.88. The van der Waals surface area contributed by atoms with Gasteiger partial charge in [-0.05, 0) is 13.3 Å². The molecule has 0 saturated carbocycles. The molecule has 7 heteroatoms. The van der Waals surface area contributed by atoms with Crippen molar-refractivity contribution in [2.24, 2.45) is 0 Å². The molecule has 0 spiro atoms. The number of nitrogen functional groups attached to an aromatic ring is 1. The number of aliphatic hydroxyl groups is 1. The van der Waals surface area contributed by atoms with Crippen molar-refractivity contribution in [1.29, 1.82) is 0 Å². The van der Waals surface area contributed by atoms with Crippen LogP contribution in [0.2, 0.25) is 0 Å². The van der Waals surface area contributed by atoms with Crippen molar-refractivity contribution in [2.75, 3.05) is 17.7 Å². The van der Waals surface area contributed by atoms with Gasteiger partial charge in [0.15, 0.2) is 11.6 Å². The number of ether oxygens (including phenoxy) is 1. The molecule has 108 valence electrons. The van der Waals surface area contributed by atoms with E-state index in [1.165, 1.54) is 0 Å². The summed E-state index contributed by atoms with van der Waals surface area (Å²) in [6, 6.07) is 1.95. The second-order valence-corrected chi connectivity index (χ2v) is 4.45. The molecule has 0 amide bonds. The van der Waals surface area contributed by atoms with Crippen LogP contribution in [0.15, 0.2) is 12.1 Å². The van der Waals surface area contributed by atoms with E-state index in [4.69, 9.17) is 5.73 Å². The van der Waals surface area contributed by atoms with Gasteiger partial charge in [-0.25, -0.2) is 4.39 Å². The van der Waals surface area contributed by atoms with Crippen LogP contribution in [-0.4, -0.2) is 23.9 Å². The number of anilines is 2. The summed E-state index contributed by atoms with van der Waals surface area (Å²) in [6.45, 7) is 0.246. The zero-order valence-corrected chi connectivity index (χ0v) is 10.7. The fourth-order valence-electron chi connectivity index (χ4n) is 1.43. The fraction of sp³-hybridized carbons (Fsp3) is 0.500. The molecule has 4 nitrogen and oxygen atoms in total. The van der Waals surface area contributed by atoms with Gasteiger partial charge in [0.2, 0.25) is 0 Å². The summed E-state index contributed by atoms with van der Waals surface area (Å²) in [4.78, 5) is 0. The van der Waals surface area contributed by atoms with Gasteiger partial charge in [-0.15, -0.1) is 0 Å². The van der Waals surface area contributed by atoms with Crippen LogP contribution < -0.4 is 15.8 Å². The number of hydrogen-bond donors (Lipinski definition) is 3. The van der Waals surface area contributed by atoms with Crippen molar-refractivity contribution >= 4 is 11.4 Å². The summed E-state index contributed by atoms with van der Waals surface area (Å²) in [5, 5.41) is 12.2. The SMILES string of the molecule is CCC(C)(CO)Nc1cc(OC(F)F)c(F)cc1N. The number of rotatable bonds is 6. The van der Waals surface area contributed by atoms with Crippen molar-refractivity contribution < 1.29 is 23.0 Å². The molecule has 1 aromatic carbocycles. The molecule has 4 N–H and O–H groups in total. The number of halogens is 3. The Morgan fingerprint density at radius 2 is 2.11 bits per heavy atom. The van der Waals surface area contributed by atoms with Crippen LogP contribution in [0, 0.1) is 5.82 Å². The molecular weight excluding hydrogens is 261 g/mol. The van der Waals surface area contributed by atoms with E-state index in [1.807, 2.05) is 6.92 Å². The normalized spacial score (nSPS) is 14.3. The first-order valence-corrected chi connectivity index (χ1v) is 5.74. The molecule has 0 aliphatic carbocycles. The summed E-state index contributed by atoms with van der Waals surface area (Å²) >= 11 is 0. The Labute approximate surface area is 109 Å². The largest absolute Gasteiger partial charge is 0.432 e. The van der Waals surface area contributed by atoms with Crippen LogP contribution >= 0.6 is 0 Å². The monoisotopic (exact) mass is 278 g/mol. The van der Waals surface area contributed by atoms with Crippen molar-refractivity contribution in [3.05, 3.63) is 17.9 Å². The second kappa shape index (κ2) is 6.01. The lowest BCUT2D eigenvalue weighted by molar-refractivity contribution is -0.0521. The van der Waals surface area contributed by atoms with Crippen LogP contribution in [-0.2, 0) is 0 Å². The van der Waals surface area contributed by atoms with E-state index in [0.717, 1.165) is 12.1 Å². The van der Waals surface area contributed by atoms with E-state index in [-0.39, 0.29) is 18.0 Å². The summed E-state index contributed by atoms with van der Waals surface area (Å²) in [6.07, 6.45) is 0.561. The predicted octanol–water partition coefficient (Wildman–Crippen LogP) is 2.58. The Balaban J connectivity index is 3.07. The lowest BCUT2D eigenvalue weighted by Crippen LogP contribution is -2.38. The zero-order chi connectivity index (χ0) is 14.6. The van der Waals surface area contributed by atoms with Crippen molar-refractivity contribution in [3.63, 3.8) is 0 Å². The molecule has 0 saturated heterocycles. The number of nitrogens with two attached hydrogens (primary N) is 1. The molecule has 1 atom stereocenters. The molecule has 1 unspecified atom stereocenters. The van der Waals surface area contributed by atoms with E-state index < -0.39 is 23.7 Å². The molecule has 1 aromatic rings. The Morgan fingerprint density at radius 1 is 1.47 bits per heavy atom. The third-order valence-electron chi connectivity index (χ3n) is 2.89. The van der Waals surface area contributed by atoms with Crippen LogP contribution in [0.1, 0.15) is 20.3 Å². The van der Waals surface area contributed by atoms with Gasteiger partial charge in [0.05, 0.1) is 23.5 Å². The molecule has 0 aromatic heterocycles. The first-order chi connectivity index (χ1) is 8.81. The van der Waals surface area contributed by atoms with Crippen LogP contribution in [0.5, 0.6) is 5.75 Å². The molecule has 1 rings (SSSR count). The summed E-state index contributed by atoms with van der Waals surface area (Å²) < 4.78 is 41.7. The molecule has 0 bridgehead atoms. The highest BCUT2D eigenvalue weighted by molar-refractivity contribution is 5.69. The average molecular weight is 278 g/mol. The first kappa shape index (κ1) is 15.4. The second-order valence-electron chi connectivity index (χ2n) is 4.45. The number of aliphatic hydroxyl groups excluding tert-OH is 1. The van der Waals surface area contributed by atoms with E-state index in [1.54, 1.807) is 6.92 Å². The standard InChI is InChI=1S/C12H17F3N2O2/c1-3-12(2,6-18)17-9-5-10(19-11(14)15)7(13)4-8(9)16/h4-5,11,17-18H,3,6,16H2,1-2H3. The number of benzene rings is 1. The highest BCUT2D eigenvalue weighted by Gasteiger charge is 2.23. The van der Waals surface area contributed by atoms with Crippen LogP contribution in [0.25, 0.3) is 0 Å². The maximum Gasteiger partial charge on any atom is 0.387 e. The van der Waals surface area contributed by atoms with Gasteiger partial charge in [-0.2, -0.15) is 8.78 Å². The Bertz CT molecular complexity index is 437. The van der Waals surface area contributed by atoms with E-state index in [9.17, 15) is 18.3 Å². The van der Waals surface area contributed by atoms with Crippen molar-refractivity contribution in [1.82, 2.24) is 0 Å². The van der Waals surface area contributed by atoms with Gasteiger partial charge in [0.25, 0.3) is 0 Å². The minimum Gasteiger partial charge on any atom is -0.432 e. The third-order valence-corrected chi connectivity index (χ3v) is 2.89. The molecule has 0 aliphatic heterocycles. The van der Waals surface area contributed by atoms with Crippen LogP contribution in [0.3, 0.4) is 0 Å². The average Bonchev–Trinajstić information content (AvgIpc) is 2.34. The van der Waals surface area contributed by atoms with E-state index >= 15 is 0 Å². The van der Waals surface area contributed by atoms with Gasteiger partial charge in [0, 0.05) is 12.1 Å². The lowest BCUT2D eigenvalue weighted by Gasteiger charge is -2.29. The highest BCUT2D eigenvalue weighted by atomic mass is 19.3. The van der Waals surface area contributed by atoms with Gasteiger partial charge in [-0.1, -0.05) is 6.92 Å². The quantitative estimate of drug-likeness (QED) is 0.700. The summed E-state index contributed by atoms with van der Waals surface area (Å²) in [5.74, 6) is -1.56. The molecule has 0 aliphatic rings. The van der Waals surface area contributed by atoms with E-state index in [2.05, 4.69) is 10.1 Å².